The topological polar surface area (TPSA) is 47.6 Å². The first kappa shape index (κ1) is 22.8. The Bertz CT molecular complexity index is 790. The first-order chi connectivity index (χ1) is 15.7. The molecule has 0 bridgehead atoms. The van der Waals surface area contributed by atoms with E-state index in [-0.39, 0.29) is 17.8 Å². The van der Waals surface area contributed by atoms with Crippen molar-refractivity contribution in [2.24, 2.45) is 52.3 Å². The van der Waals surface area contributed by atoms with Crippen LogP contribution in [0, 0.1) is 52.3 Å². The molecule has 4 aliphatic carbocycles. The molecule has 1 spiro atoms. The molecule has 1 N–H and O–H groups in total. The van der Waals surface area contributed by atoms with Crippen molar-refractivity contribution >= 4 is 5.97 Å². The molecule has 4 nitrogen and oxygen atoms in total. The largest absolute Gasteiger partial charge is 0.463 e. The van der Waals surface area contributed by atoms with E-state index in [1.54, 1.807) is 6.92 Å². The maximum atomic E-state index is 11.6. The minimum Gasteiger partial charge on any atom is -0.463 e. The molecule has 33 heavy (non-hydrogen) atoms. The molecule has 2 aliphatic heterocycles. The van der Waals surface area contributed by atoms with Crippen LogP contribution in [0.25, 0.3) is 0 Å². The number of fused-ring (bicyclic) bond motifs is 7. The summed E-state index contributed by atoms with van der Waals surface area (Å²) in [5, 5.41) is 3.89. The van der Waals surface area contributed by atoms with Gasteiger partial charge in [-0.3, -0.25) is 10.1 Å². The van der Waals surface area contributed by atoms with Crippen molar-refractivity contribution in [3.63, 3.8) is 0 Å². The number of carbonyl (C=O) groups excluding carboxylic acids is 1. The summed E-state index contributed by atoms with van der Waals surface area (Å²) in [5.74, 6) is 5.29. The molecule has 6 rings (SSSR count). The number of esters is 1. The first-order valence-corrected chi connectivity index (χ1v) is 14.3. The number of hydrogen-bond acceptors (Lipinski definition) is 4. The highest BCUT2D eigenvalue weighted by molar-refractivity contribution is 5.66. The Labute approximate surface area is 201 Å². The van der Waals surface area contributed by atoms with Crippen LogP contribution in [0.2, 0.25) is 0 Å². The Morgan fingerprint density at radius 2 is 1.73 bits per heavy atom. The summed E-state index contributed by atoms with van der Waals surface area (Å²) in [6, 6.07) is 0. The fourth-order valence-electron chi connectivity index (χ4n) is 10.8. The first-order valence-electron chi connectivity index (χ1n) is 14.3. The average molecular weight is 458 g/mol. The van der Waals surface area contributed by atoms with Gasteiger partial charge in [0.25, 0.3) is 0 Å². The third kappa shape index (κ3) is 3.25. The number of ether oxygens (including phenoxy) is 2. The summed E-state index contributed by atoms with van der Waals surface area (Å²) in [4.78, 5) is 11.6. The lowest BCUT2D eigenvalue weighted by Gasteiger charge is -2.61. The minimum atomic E-state index is -0.1000. The lowest BCUT2D eigenvalue weighted by atomic mass is 9.44. The fourth-order valence-corrected chi connectivity index (χ4v) is 10.8. The van der Waals surface area contributed by atoms with Gasteiger partial charge in [-0.15, -0.1) is 0 Å². The van der Waals surface area contributed by atoms with Crippen molar-refractivity contribution in [3.05, 3.63) is 0 Å². The van der Waals surface area contributed by atoms with Gasteiger partial charge in [0, 0.05) is 19.4 Å². The standard InChI is InChI=1S/C29H47NO3/c1-17-8-13-29(30-16-17)18(2)26-25(33-29)15-24-22-7-6-20-14-21(32-19(3)31)9-11-27(20,4)23(22)10-12-28(24,26)5/h17-18,20-26,30H,6-16H2,1-5H3/t17-,18+,20+,21-,22-,23-,24-,25+,26+,27+,28+,29-/m1/s1. The molecule has 4 saturated carbocycles. The van der Waals surface area contributed by atoms with Crippen LogP contribution < -0.4 is 5.32 Å². The molecule has 0 radical (unpaired) electrons. The van der Waals surface area contributed by atoms with E-state index in [0.29, 0.717) is 22.9 Å². The average Bonchev–Trinajstić information content (AvgIpc) is 3.21. The van der Waals surface area contributed by atoms with E-state index in [9.17, 15) is 4.79 Å². The van der Waals surface area contributed by atoms with E-state index in [2.05, 4.69) is 33.0 Å². The zero-order chi connectivity index (χ0) is 23.2. The van der Waals surface area contributed by atoms with Crippen LogP contribution >= 0.6 is 0 Å². The third-order valence-corrected chi connectivity index (χ3v) is 12.4. The molecule has 2 heterocycles. The zero-order valence-electron chi connectivity index (χ0n) is 21.7. The Morgan fingerprint density at radius 3 is 2.45 bits per heavy atom. The quantitative estimate of drug-likeness (QED) is 0.495. The molecule has 0 aromatic rings. The van der Waals surface area contributed by atoms with Crippen LogP contribution in [0.5, 0.6) is 0 Å². The second-order valence-corrected chi connectivity index (χ2v) is 13.8. The predicted molar refractivity (Wildman–Crippen MR) is 129 cm³/mol. The van der Waals surface area contributed by atoms with Crippen molar-refractivity contribution < 1.29 is 14.3 Å². The number of piperidine rings is 1. The van der Waals surface area contributed by atoms with E-state index in [4.69, 9.17) is 9.47 Å². The zero-order valence-corrected chi connectivity index (χ0v) is 21.7. The lowest BCUT2D eigenvalue weighted by molar-refractivity contribution is -0.162. The summed E-state index contributed by atoms with van der Waals surface area (Å²) in [7, 11) is 0. The normalized spacial score (nSPS) is 57.7. The molecule has 0 aromatic heterocycles. The van der Waals surface area contributed by atoms with E-state index >= 15 is 0 Å². The van der Waals surface area contributed by atoms with Crippen molar-refractivity contribution in [2.45, 2.75) is 117 Å². The Morgan fingerprint density at radius 1 is 0.939 bits per heavy atom. The molecule has 6 fully saturated rings. The van der Waals surface area contributed by atoms with Gasteiger partial charge in [0.1, 0.15) is 11.8 Å². The number of hydrogen-bond donors (Lipinski definition) is 1. The Balaban J connectivity index is 1.21. The highest BCUT2D eigenvalue weighted by atomic mass is 16.5. The fraction of sp³-hybridized carbons (Fsp3) is 0.966. The van der Waals surface area contributed by atoms with Gasteiger partial charge in [-0.2, -0.15) is 0 Å². The third-order valence-electron chi connectivity index (χ3n) is 12.4. The molecule has 0 aromatic carbocycles. The lowest BCUT2D eigenvalue weighted by Crippen LogP contribution is -2.57. The summed E-state index contributed by atoms with van der Waals surface area (Å²) in [6.45, 7) is 12.8. The van der Waals surface area contributed by atoms with E-state index in [0.717, 1.165) is 54.9 Å². The van der Waals surface area contributed by atoms with Gasteiger partial charge < -0.3 is 9.47 Å². The second-order valence-electron chi connectivity index (χ2n) is 13.8. The molecule has 186 valence electrons. The summed E-state index contributed by atoms with van der Waals surface area (Å²) in [5.41, 5.74) is 0.830. The number of nitrogens with one attached hydrogen (secondary N) is 1. The maximum absolute atomic E-state index is 11.6. The molecule has 4 heteroatoms. The van der Waals surface area contributed by atoms with Crippen molar-refractivity contribution in [3.8, 4) is 0 Å². The van der Waals surface area contributed by atoms with E-state index in [1.807, 2.05) is 0 Å². The molecule has 0 amide bonds. The summed E-state index contributed by atoms with van der Waals surface area (Å²) >= 11 is 0. The van der Waals surface area contributed by atoms with Crippen molar-refractivity contribution in [1.82, 2.24) is 5.32 Å². The SMILES string of the molecule is CC(=O)O[C@@H]1CC[C@@]2(C)[C@@H](CC[C@@H]3[C@H]2CC[C@]2(C)[C@@H]4[C@H](C[C@H]32)O[C@]2(CC[C@@H](C)CN2)[C@H]4C)C1. The molecule has 12 atom stereocenters. The highest BCUT2D eigenvalue weighted by Crippen LogP contribution is 2.71. The van der Waals surface area contributed by atoms with Gasteiger partial charge >= 0.3 is 5.97 Å². The van der Waals surface area contributed by atoms with Crippen LogP contribution in [-0.4, -0.2) is 30.4 Å². The molecule has 2 saturated heterocycles. The van der Waals surface area contributed by atoms with Crippen molar-refractivity contribution in [1.29, 1.82) is 0 Å². The predicted octanol–water partition coefficient (Wildman–Crippen LogP) is 5.94. The molecule has 6 aliphatic rings. The maximum Gasteiger partial charge on any atom is 0.302 e. The Kier molecular flexibility index (Phi) is 5.32. The van der Waals surface area contributed by atoms with E-state index < -0.39 is 0 Å². The van der Waals surface area contributed by atoms with E-state index in [1.165, 1.54) is 51.4 Å². The number of carbonyl (C=O) groups is 1. The molecule has 0 unspecified atom stereocenters. The van der Waals surface area contributed by atoms with Gasteiger partial charge in [0.15, 0.2) is 0 Å². The minimum absolute atomic E-state index is 0.0502. The van der Waals surface area contributed by atoms with Gasteiger partial charge in [-0.25, -0.2) is 0 Å². The molecular weight excluding hydrogens is 410 g/mol. The van der Waals surface area contributed by atoms with Crippen LogP contribution in [0.15, 0.2) is 0 Å². The Hall–Kier alpha value is -0.610. The number of rotatable bonds is 1. The van der Waals surface area contributed by atoms with Crippen LogP contribution in [-0.2, 0) is 14.3 Å². The smallest absolute Gasteiger partial charge is 0.302 e. The van der Waals surface area contributed by atoms with Crippen LogP contribution in [0.4, 0.5) is 0 Å². The van der Waals surface area contributed by atoms with Gasteiger partial charge in [-0.05, 0) is 111 Å². The summed E-state index contributed by atoms with van der Waals surface area (Å²) in [6.07, 6.45) is 13.3. The van der Waals surface area contributed by atoms with Gasteiger partial charge in [0.05, 0.1) is 6.10 Å². The van der Waals surface area contributed by atoms with Crippen LogP contribution in [0.1, 0.15) is 98.8 Å². The highest BCUT2D eigenvalue weighted by Gasteiger charge is 2.68. The second kappa shape index (κ2) is 7.69. The summed E-state index contributed by atoms with van der Waals surface area (Å²) < 4.78 is 12.7. The van der Waals surface area contributed by atoms with Gasteiger partial charge in [0.2, 0.25) is 0 Å². The monoisotopic (exact) mass is 457 g/mol. The van der Waals surface area contributed by atoms with Gasteiger partial charge in [-0.1, -0.05) is 27.7 Å². The van der Waals surface area contributed by atoms with Crippen molar-refractivity contribution in [2.75, 3.05) is 6.54 Å². The van der Waals surface area contributed by atoms with Crippen LogP contribution in [0.3, 0.4) is 0 Å². The molecular formula is C29H47NO3.